The van der Waals surface area contributed by atoms with Gasteiger partial charge in [0.05, 0.1) is 24.1 Å². The molecule has 1 amide bonds. The van der Waals surface area contributed by atoms with Crippen molar-refractivity contribution in [2.24, 2.45) is 11.0 Å². The van der Waals surface area contributed by atoms with Gasteiger partial charge in [-0.15, -0.1) is 0 Å². The molecule has 0 unspecified atom stereocenters. The van der Waals surface area contributed by atoms with Crippen molar-refractivity contribution >= 4 is 23.3 Å². The first-order valence-electron chi connectivity index (χ1n) is 7.06. The van der Waals surface area contributed by atoms with E-state index in [9.17, 15) is 22.8 Å². The number of hydrazone groups is 1. The fourth-order valence-electron chi connectivity index (χ4n) is 2.26. The lowest BCUT2D eigenvalue weighted by Crippen LogP contribution is -2.30. The number of methoxy groups -OCH3 is 1. The van der Waals surface area contributed by atoms with Crippen molar-refractivity contribution in [3.05, 3.63) is 41.5 Å². The first-order chi connectivity index (χ1) is 11.2. The lowest BCUT2D eigenvalue weighted by molar-refractivity contribution is -0.148. The summed E-state index contributed by atoms with van der Waals surface area (Å²) in [5.41, 5.74) is -2.21. The summed E-state index contributed by atoms with van der Waals surface area (Å²) in [5.74, 6) is -3.13. The van der Waals surface area contributed by atoms with Crippen molar-refractivity contribution in [1.82, 2.24) is 0 Å². The third kappa shape index (κ3) is 3.17. The van der Waals surface area contributed by atoms with E-state index in [-0.39, 0.29) is 5.71 Å². The number of carbonyl (C=O) groups is 2. The molecule has 8 heteroatoms. The summed E-state index contributed by atoms with van der Waals surface area (Å²) in [6.45, 7) is 3.18. The van der Waals surface area contributed by atoms with Crippen LogP contribution < -0.4 is 5.01 Å². The van der Waals surface area contributed by atoms with E-state index in [1.54, 1.807) is 32.0 Å². The molecule has 2 rings (SSSR count). The van der Waals surface area contributed by atoms with Crippen LogP contribution in [0.1, 0.15) is 13.8 Å². The summed E-state index contributed by atoms with van der Waals surface area (Å²) in [7, 11) is 0.829. The number of amides is 1. The second kappa shape index (κ2) is 6.46. The predicted octanol–water partition coefficient (Wildman–Crippen LogP) is 3.08. The zero-order valence-electron chi connectivity index (χ0n) is 13.2. The normalized spacial score (nSPS) is 17.2. The Labute approximate surface area is 136 Å². The first kappa shape index (κ1) is 17.7. The molecule has 0 radical (unpaired) electrons. The van der Waals surface area contributed by atoms with Crippen LogP contribution in [0.25, 0.3) is 0 Å². The summed E-state index contributed by atoms with van der Waals surface area (Å²) in [5, 5.41) is 4.87. The molecule has 1 aliphatic rings. The molecule has 24 heavy (non-hydrogen) atoms. The van der Waals surface area contributed by atoms with Gasteiger partial charge in [-0.1, -0.05) is 32.0 Å². The highest BCUT2D eigenvalue weighted by Gasteiger charge is 2.48. The van der Waals surface area contributed by atoms with Crippen LogP contribution in [0, 0.1) is 5.92 Å². The molecule has 0 spiro atoms. The van der Waals surface area contributed by atoms with Crippen molar-refractivity contribution < 1.29 is 27.5 Å². The summed E-state index contributed by atoms with van der Waals surface area (Å²) >= 11 is 0. The number of anilines is 1. The van der Waals surface area contributed by atoms with E-state index in [2.05, 4.69) is 9.84 Å². The Kier molecular flexibility index (Phi) is 4.77. The number of ether oxygens (including phenoxy) is 1. The Morgan fingerprint density at radius 3 is 2.25 bits per heavy atom. The maximum atomic E-state index is 13.4. The van der Waals surface area contributed by atoms with E-state index >= 15 is 0 Å². The van der Waals surface area contributed by atoms with Crippen molar-refractivity contribution in [3.63, 3.8) is 0 Å². The average Bonchev–Trinajstić information content (AvgIpc) is 2.84. The molecule has 0 N–H and O–H groups in total. The monoisotopic (exact) mass is 340 g/mol. The van der Waals surface area contributed by atoms with Crippen LogP contribution >= 0.6 is 0 Å². The number of alkyl halides is 3. The van der Waals surface area contributed by atoms with Gasteiger partial charge in [0.25, 0.3) is 5.91 Å². The summed E-state index contributed by atoms with van der Waals surface area (Å²) < 4.78 is 44.3. The Hall–Kier alpha value is -2.64. The zero-order chi connectivity index (χ0) is 18.1. The summed E-state index contributed by atoms with van der Waals surface area (Å²) in [4.78, 5) is 24.3. The number of esters is 1. The molecular weight excluding hydrogens is 325 g/mol. The molecule has 1 aromatic rings. The van der Waals surface area contributed by atoms with E-state index < -0.39 is 35.1 Å². The fourth-order valence-corrected chi connectivity index (χ4v) is 2.26. The van der Waals surface area contributed by atoms with E-state index in [0.717, 1.165) is 12.1 Å². The SMILES string of the molecule is COC(=O)/C(=C1/C(=O)N(c2ccccc2)N=C1C(C)C)C(F)(F)F. The predicted molar refractivity (Wildman–Crippen MR) is 81.3 cm³/mol. The van der Waals surface area contributed by atoms with E-state index in [4.69, 9.17) is 0 Å². The molecule has 0 aromatic heterocycles. The third-order valence-corrected chi connectivity index (χ3v) is 3.34. The quantitative estimate of drug-likeness (QED) is 0.628. The van der Waals surface area contributed by atoms with Crippen LogP contribution in [0.4, 0.5) is 18.9 Å². The maximum absolute atomic E-state index is 13.4. The molecule has 5 nitrogen and oxygen atoms in total. The molecule has 1 heterocycles. The van der Waals surface area contributed by atoms with E-state index in [1.807, 2.05) is 0 Å². The molecule has 0 aliphatic carbocycles. The van der Waals surface area contributed by atoms with Crippen molar-refractivity contribution in [3.8, 4) is 0 Å². The highest BCUT2D eigenvalue weighted by Crippen LogP contribution is 2.35. The van der Waals surface area contributed by atoms with E-state index in [0.29, 0.717) is 5.69 Å². The van der Waals surface area contributed by atoms with Crippen LogP contribution in [-0.2, 0) is 14.3 Å². The molecule has 1 aliphatic heterocycles. The molecule has 0 fully saturated rings. The second-order valence-electron chi connectivity index (χ2n) is 5.33. The number of hydrogen-bond donors (Lipinski definition) is 0. The smallest absolute Gasteiger partial charge is 0.424 e. The Balaban J connectivity index is 2.68. The van der Waals surface area contributed by atoms with Gasteiger partial charge >= 0.3 is 12.1 Å². The van der Waals surface area contributed by atoms with Crippen LogP contribution in [0.2, 0.25) is 0 Å². The molecular formula is C16H15F3N2O3. The molecule has 128 valence electrons. The molecule has 0 saturated carbocycles. The number of rotatable bonds is 3. The van der Waals surface area contributed by atoms with Crippen molar-refractivity contribution in [1.29, 1.82) is 0 Å². The third-order valence-electron chi connectivity index (χ3n) is 3.34. The lowest BCUT2D eigenvalue weighted by Gasteiger charge is -2.15. The van der Waals surface area contributed by atoms with Crippen molar-refractivity contribution in [2.75, 3.05) is 12.1 Å². The Morgan fingerprint density at radius 2 is 1.79 bits per heavy atom. The van der Waals surface area contributed by atoms with Gasteiger partial charge in [-0.3, -0.25) is 4.79 Å². The van der Waals surface area contributed by atoms with Gasteiger partial charge < -0.3 is 4.74 Å². The number of para-hydroxylation sites is 1. The Morgan fingerprint density at radius 1 is 1.21 bits per heavy atom. The molecule has 0 atom stereocenters. The molecule has 0 bridgehead atoms. The lowest BCUT2D eigenvalue weighted by atomic mass is 9.95. The minimum atomic E-state index is -5.04. The van der Waals surface area contributed by atoms with E-state index in [1.165, 1.54) is 12.1 Å². The minimum absolute atomic E-state index is 0.110. The zero-order valence-corrected chi connectivity index (χ0v) is 13.2. The average molecular weight is 340 g/mol. The molecule has 1 aromatic carbocycles. The number of nitrogens with zero attached hydrogens (tertiary/aromatic N) is 2. The number of benzene rings is 1. The van der Waals surface area contributed by atoms with Gasteiger partial charge in [-0.05, 0) is 18.1 Å². The van der Waals surface area contributed by atoms with Crippen molar-refractivity contribution in [2.45, 2.75) is 20.0 Å². The van der Waals surface area contributed by atoms with Gasteiger partial charge in [0.15, 0.2) is 5.57 Å². The van der Waals surface area contributed by atoms with Crippen LogP contribution in [-0.4, -0.2) is 30.9 Å². The standard InChI is InChI=1S/C16H15F3N2O3/c1-9(2)13-11(12(15(23)24-3)16(17,18)19)14(22)21(20-13)10-7-5-4-6-8-10/h4-9H,1-3H3/b12-11-. The van der Waals surface area contributed by atoms with Gasteiger partial charge in [0, 0.05) is 0 Å². The summed E-state index contributed by atoms with van der Waals surface area (Å²) in [6.07, 6.45) is -5.04. The Bertz CT molecular complexity index is 722. The second-order valence-corrected chi connectivity index (χ2v) is 5.33. The van der Waals surface area contributed by atoms with Gasteiger partial charge in [-0.25, -0.2) is 4.79 Å². The van der Waals surface area contributed by atoms with Crippen LogP contribution in [0.5, 0.6) is 0 Å². The fraction of sp³-hybridized carbons (Fsp3) is 0.312. The highest BCUT2D eigenvalue weighted by molar-refractivity contribution is 6.33. The topological polar surface area (TPSA) is 59.0 Å². The van der Waals surface area contributed by atoms with Crippen LogP contribution in [0.15, 0.2) is 46.6 Å². The summed E-state index contributed by atoms with van der Waals surface area (Å²) in [6, 6.07) is 8.02. The number of halogens is 3. The van der Waals surface area contributed by atoms with Gasteiger partial charge in [0.2, 0.25) is 0 Å². The minimum Gasteiger partial charge on any atom is -0.465 e. The highest BCUT2D eigenvalue weighted by atomic mass is 19.4. The first-order valence-corrected chi connectivity index (χ1v) is 7.06. The molecule has 0 saturated heterocycles. The maximum Gasteiger partial charge on any atom is 0.424 e. The van der Waals surface area contributed by atoms with Gasteiger partial charge in [-0.2, -0.15) is 23.3 Å². The number of carbonyl (C=O) groups excluding carboxylic acids is 2. The largest absolute Gasteiger partial charge is 0.465 e. The van der Waals surface area contributed by atoms with Gasteiger partial charge in [0.1, 0.15) is 0 Å². The van der Waals surface area contributed by atoms with Crippen LogP contribution in [0.3, 0.4) is 0 Å². The number of hydrogen-bond acceptors (Lipinski definition) is 4.